The van der Waals surface area contributed by atoms with E-state index in [0.717, 1.165) is 0 Å². The van der Waals surface area contributed by atoms with E-state index in [4.69, 9.17) is 0 Å². The maximum absolute atomic E-state index is 3.08. The molecule has 7 heteroatoms. The molecule has 0 spiro atoms. The molecule has 0 N–H and O–H groups in total. The molecule has 4 nitrogen and oxygen atoms in total. The second-order valence-electron chi connectivity index (χ2n) is 7.30. The van der Waals surface area contributed by atoms with Gasteiger partial charge < -0.3 is 17.6 Å². The second-order valence-corrected chi connectivity index (χ2v) is 19.8. The maximum atomic E-state index is 3.08. The lowest BCUT2D eigenvalue weighted by atomic mass is 10.7. The van der Waals surface area contributed by atoms with Crippen molar-refractivity contribution in [3.05, 3.63) is 0 Å². The molecule has 134 valence electrons. The Morgan fingerprint density at radius 1 is 0.682 bits per heavy atom. The Hall–Kier alpha value is 0.491. The zero-order chi connectivity index (χ0) is 17.7. The molecule has 0 saturated carbocycles. The van der Waals surface area contributed by atoms with Crippen molar-refractivity contribution >= 4 is 25.9 Å². The Labute approximate surface area is 144 Å². The van der Waals surface area contributed by atoms with Crippen LogP contribution in [-0.4, -0.2) is 83.8 Å². The summed E-state index contributed by atoms with van der Waals surface area (Å²) in [7, 11) is 0.236. The van der Waals surface area contributed by atoms with Crippen LogP contribution in [0.25, 0.3) is 0 Å². The first-order valence-corrected chi connectivity index (χ1v) is 17.0. The topological polar surface area (TPSA) is 13.0 Å². The summed E-state index contributed by atoms with van der Waals surface area (Å²) in [5.41, 5.74) is 0. The molecule has 0 heterocycles. The van der Waals surface area contributed by atoms with E-state index in [1.165, 1.54) is 26.2 Å². The Kier molecular flexibility index (Phi) is 9.30. The number of rotatable bonds is 10. The van der Waals surface area contributed by atoms with Gasteiger partial charge in [-0.1, -0.05) is 27.7 Å². The van der Waals surface area contributed by atoms with Crippen molar-refractivity contribution in [3.8, 4) is 0 Å². The SMILES string of the molecule is CCN(CC)[Si](C)(C)N([SiH](C)N(C)C)[Si](C)(C)N(CC)CC. The first kappa shape index (κ1) is 22.5. The van der Waals surface area contributed by atoms with Gasteiger partial charge in [0.1, 0.15) is 0 Å². The van der Waals surface area contributed by atoms with Crippen molar-refractivity contribution in [1.29, 1.82) is 0 Å². The first-order valence-electron chi connectivity index (χ1n) is 8.98. The molecule has 0 aromatic heterocycles. The minimum atomic E-state index is -1.61. The molecule has 0 aromatic rings. The third kappa shape index (κ3) is 4.75. The average Bonchev–Trinajstić information content (AvgIpc) is 2.39. The largest absolute Gasteiger partial charge is 0.334 e. The fourth-order valence-corrected chi connectivity index (χ4v) is 24.2. The highest BCUT2D eigenvalue weighted by Crippen LogP contribution is 2.27. The van der Waals surface area contributed by atoms with E-state index < -0.39 is 25.9 Å². The van der Waals surface area contributed by atoms with Crippen molar-refractivity contribution in [1.82, 2.24) is 17.6 Å². The van der Waals surface area contributed by atoms with Crippen LogP contribution in [0.1, 0.15) is 27.7 Å². The van der Waals surface area contributed by atoms with Gasteiger partial charge in [-0.3, -0.25) is 0 Å². The number of nitrogens with zero attached hydrogens (tertiary/aromatic N) is 4. The van der Waals surface area contributed by atoms with Gasteiger partial charge >= 0.3 is 0 Å². The van der Waals surface area contributed by atoms with Crippen molar-refractivity contribution in [3.63, 3.8) is 0 Å². The standard InChI is InChI=1S/C15H42N4Si3/c1-12-17(13-2)21(8,9)19(20(7)16(5)6)22(10,11)18(14-3)15-4/h20H,12-15H2,1-11H3. The molecule has 0 saturated heterocycles. The van der Waals surface area contributed by atoms with E-state index in [-0.39, 0.29) is 0 Å². The van der Waals surface area contributed by atoms with Crippen molar-refractivity contribution in [2.24, 2.45) is 0 Å². The van der Waals surface area contributed by atoms with Crippen LogP contribution in [0, 0.1) is 0 Å². The van der Waals surface area contributed by atoms with Gasteiger partial charge in [0.05, 0.1) is 0 Å². The van der Waals surface area contributed by atoms with E-state index in [1.807, 2.05) is 0 Å². The minimum Gasteiger partial charge on any atom is -0.334 e. The number of hydrogen-bond acceptors (Lipinski definition) is 4. The van der Waals surface area contributed by atoms with E-state index in [9.17, 15) is 0 Å². The molecule has 0 amide bonds. The quantitative estimate of drug-likeness (QED) is 0.554. The van der Waals surface area contributed by atoms with Crippen LogP contribution in [0.5, 0.6) is 0 Å². The van der Waals surface area contributed by atoms with Crippen molar-refractivity contribution in [2.45, 2.75) is 60.4 Å². The fourth-order valence-electron chi connectivity index (χ4n) is 4.11. The third-order valence-corrected chi connectivity index (χ3v) is 23.7. The zero-order valence-corrected chi connectivity index (χ0v) is 20.3. The van der Waals surface area contributed by atoms with Gasteiger partial charge in [-0.15, -0.1) is 0 Å². The summed E-state index contributed by atoms with van der Waals surface area (Å²) < 4.78 is 11.1. The molecule has 0 aliphatic carbocycles. The Morgan fingerprint density at radius 3 is 1.14 bits per heavy atom. The fraction of sp³-hybridized carbons (Fsp3) is 1.00. The smallest absolute Gasteiger partial charge is 0.188 e. The second kappa shape index (κ2) is 9.10. The van der Waals surface area contributed by atoms with E-state index >= 15 is 0 Å². The van der Waals surface area contributed by atoms with E-state index in [0.29, 0.717) is 0 Å². The van der Waals surface area contributed by atoms with Gasteiger partial charge in [-0.25, -0.2) is 0 Å². The molecule has 1 atom stereocenters. The molecule has 0 fully saturated rings. The normalized spacial score (nSPS) is 15.4. The summed E-state index contributed by atoms with van der Waals surface area (Å²) in [6.45, 7) is 26.8. The molecule has 0 rings (SSSR count). The molecule has 1 unspecified atom stereocenters. The highest BCUT2D eigenvalue weighted by atomic mass is 28.5. The summed E-state index contributed by atoms with van der Waals surface area (Å²) in [5, 5.41) is 0. The van der Waals surface area contributed by atoms with Crippen LogP contribution < -0.4 is 0 Å². The van der Waals surface area contributed by atoms with Gasteiger partial charge in [0.15, 0.2) is 25.9 Å². The highest BCUT2D eigenvalue weighted by Gasteiger charge is 2.49. The molecular weight excluding hydrogens is 320 g/mol. The summed E-state index contributed by atoms with van der Waals surface area (Å²) >= 11 is 0. The van der Waals surface area contributed by atoms with Crippen molar-refractivity contribution < 1.29 is 0 Å². The lowest BCUT2D eigenvalue weighted by Gasteiger charge is -2.57. The van der Waals surface area contributed by atoms with Gasteiger partial charge in [0.25, 0.3) is 0 Å². The van der Waals surface area contributed by atoms with E-state index in [2.05, 4.69) is 92.1 Å². The summed E-state index contributed by atoms with van der Waals surface area (Å²) in [6.07, 6.45) is 0. The lowest BCUT2D eigenvalue weighted by molar-refractivity contribution is 0.404. The Bertz CT molecular complexity index is 292. The monoisotopic (exact) mass is 362 g/mol. The number of hydrogen-bond donors (Lipinski definition) is 0. The van der Waals surface area contributed by atoms with Crippen LogP contribution in [0.2, 0.25) is 32.7 Å². The Morgan fingerprint density at radius 2 is 0.955 bits per heavy atom. The predicted molar refractivity (Wildman–Crippen MR) is 109 cm³/mol. The lowest BCUT2D eigenvalue weighted by Crippen LogP contribution is -2.79. The highest BCUT2D eigenvalue weighted by molar-refractivity contribution is 6.97. The molecule has 0 bridgehead atoms. The molecule has 0 aromatic carbocycles. The van der Waals surface area contributed by atoms with Crippen molar-refractivity contribution in [2.75, 3.05) is 40.3 Å². The van der Waals surface area contributed by atoms with Gasteiger partial charge in [0.2, 0.25) is 0 Å². The molecule has 0 aliphatic heterocycles. The maximum Gasteiger partial charge on any atom is 0.188 e. The average molecular weight is 363 g/mol. The van der Waals surface area contributed by atoms with Crippen LogP contribution in [0.3, 0.4) is 0 Å². The van der Waals surface area contributed by atoms with Crippen LogP contribution in [-0.2, 0) is 0 Å². The first-order chi connectivity index (χ1) is 10.0. The van der Waals surface area contributed by atoms with Crippen LogP contribution in [0.15, 0.2) is 0 Å². The van der Waals surface area contributed by atoms with Crippen LogP contribution >= 0.6 is 0 Å². The Balaban J connectivity index is 5.93. The molecular formula is C15H42N4Si3. The predicted octanol–water partition coefficient (Wildman–Crippen LogP) is 2.79. The van der Waals surface area contributed by atoms with Gasteiger partial charge in [0, 0.05) is 0 Å². The van der Waals surface area contributed by atoms with Gasteiger partial charge in [-0.05, 0) is 73.0 Å². The molecule has 22 heavy (non-hydrogen) atoms. The zero-order valence-electron chi connectivity index (χ0n) is 17.2. The summed E-state index contributed by atoms with van der Waals surface area (Å²) in [4.78, 5) is 0. The summed E-state index contributed by atoms with van der Waals surface area (Å²) in [6, 6.07) is 0. The molecule has 0 radical (unpaired) electrons. The molecule has 0 aliphatic rings. The van der Waals surface area contributed by atoms with Gasteiger partial charge in [-0.2, -0.15) is 0 Å². The van der Waals surface area contributed by atoms with Crippen LogP contribution in [0.4, 0.5) is 0 Å². The summed E-state index contributed by atoms with van der Waals surface area (Å²) in [5.74, 6) is 0. The minimum absolute atomic E-state index is 1.10. The third-order valence-electron chi connectivity index (χ3n) is 5.37. The van der Waals surface area contributed by atoms with E-state index in [1.54, 1.807) is 0 Å².